The topological polar surface area (TPSA) is 90.0 Å². The fourth-order valence-electron chi connectivity index (χ4n) is 6.37. The van der Waals surface area contributed by atoms with Crippen molar-refractivity contribution in [2.24, 2.45) is 0 Å². The molecule has 0 bridgehead atoms. The highest BCUT2D eigenvalue weighted by molar-refractivity contribution is 6.06. The molecule has 3 aliphatic rings. The smallest absolute Gasteiger partial charge is 0.324 e. The zero-order valence-electron chi connectivity index (χ0n) is 23.4. The molecule has 2 fully saturated rings. The van der Waals surface area contributed by atoms with E-state index in [1.54, 1.807) is 4.90 Å². The number of rotatable bonds is 5. The number of carbonyl (C=O) groups excluding carboxylic acids is 4. The number of fused-ring (bicyclic) bond motifs is 1. The molecule has 2 saturated heterocycles. The van der Waals surface area contributed by atoms with Crippen molar-refractivity contribution < 1.29 is 36.7 Å². The van der Waals surface area contributed by atoms with Crippen molar-refractivity contribution in [1.82, 2.24) is 20.0 Å². The van der Waals surface area contributed by atoms with Crippen LogP contribution >= 0.6 is 0 Å². The predicted octanol–water partition coefficient (Wildman–Crippen LogP) is 4.07. The molecule has 0 aliphatic carbocycles. The lowest BCUT2D eigenvalue weighted by Gasteiger charge is -2.45. The van der Waals surface area contributed by atoms with Crippen molar-refractivity contribution in [3.63, 3.8) is 0 Å². The summed E-state index contributed by atoms with van der Waals surface area (Å²) < 4.78 is 59.6. The first kappa shape index (κ1) is 29.5. The SMILES string of the molecule is O=C1CCC(N2Cc3c(ccc(C(=O)N4CCN(C(c5ccccc5)c5ccccc5)CC4C(F)(F)F)c3F)C2=O)C(=O)N1. The van der Waals surface area contributed by atoms with Gasteiger partial charge >= 0.3 is 6.18 Å². The first-order valence-electron chi connectivity index (χ1n) is 14.2. The lowest BCUT2D eigenvalue weighted by Crippen LogP contribution is -2.61. The van der Waals surface area contributed by atoms with Crippen LogP contribution < -0.4 is 5.32 Å². The normalized spacial score (nSPS) is 21.1. The number of alkyl halides is 3. The molecule has 0 aromatic heterocycles. The molecule has 3 aliphatic heterocycles. The van der Waals surface area contributed by atoms with E-state index in [2.05, 4.69) is 5.32 Å². The quantitative estimate of drug-likeness (QED) is 0.349. The number of carbonyl (C=O) groups is 4. The number of piperazine rings is 1. The van der Waals surface area contributed by atoms with E-state index in [1.165, 1.54) is 6.07 Å². The second kappa shape index (κ2) is 11.5. The first-order valence-corrected chi connectivity index (χ1v) is 14.2. The molecule has 0 spiro atoms. The van der Waals surface area contributed by atoms with Crippen molar-refractivity contribution in [3.05, 3.63) is 106 Å². The third-order valence-corrected chi connectivity index (χ3v) is 8.53. The summed E-state index contributed by atoms with van der Waals surface area (Å²) >= 11 is 0. The lowest BCUT2D eigenvalue weighted by atomic mass is 9.95. The van der Waals surface area contributed by atoms with Gasteiger partial charge in [0.05, 0.1) is 18.2 Å². The average Bonchev–Trinajstić information content (AvgIpc) is 3.34. The number of hydrogen-bond donors (Lipinski definition) is 1. The minimum atomic E-state index is -4.81. The Balaban J connectivity index is 1.27. The Hall–Kier alpha value is -4.58. The number of imide groups is 1. The molecular weight excluding hydrogens is 580 g/mol. The Morgan fingerprint density at radius 2 is 1.52 bits per heavy atom. The molecule has 0 radical (unpaired) electrons. The third kappa shape index (κ3) is 5.34. The van der Waals surface area contributed by atoms with Crippen LogP contribution in [0.15, 0.2) is 72.8 Å². The van der Waals surface area contributed by atoms with Crippen LogP contribution in [0, 0.1) is 5.82 Å². The van der Waals surface area contributed by atoms with Crippen LogP contribution in [-0.2, 0) is 16.1 Å². The zero-order valence-corrected chi connectivity index (χ0v) is 23.4. The third-order valence-electron chi connectivity index (χ3n) is 8.53. The van der Waals surface area contributed by atoms with Gasteiger partial charge in [0.2, 0.25) is 11.8 Å². The lowest BCUT2D eigenvalue weighted by molar-refractivity contribution is -0.190. The molecule has 4 amide bonds. The van der Waals surface area contributed by atoms with Gasteiger partial charge in [0.1, 0.15) is 17.9 Å². The first-order chi connectivity index (χ1) is 21.0. The Labute approximate surface area is 250 Å². The van der Waals surface area contributed by atoms with Crippen molar-refractivity contribution in [2.75, 3.05) is 19.6 Å². The molecule has 3 aromatic carbocycles. The van der Waals surface area contributed by atoms with Gasteiger partial charge in [-0.2, -0.15) is 13.2 Å². The average molecular weight is 609 g/mol. The molecule has 12 heteroatoms. The predicted molar refractivity (Wildman–Crippen MR) is 150 cm³/mol. The van der Waals surface area contributed by atoms with Crippen molar-refractivity contribution >= 4 is 23.6 Å². The second-order valence-electron chi connectivity index (χ2n) is 11.1. The number of nitrogens with one attached hydrogen (secondary N) is 1. The van der Waals surface area contributed by atoms with Gasteiger partial charge in [0.15, 0.2) is 0 Å². The van der Waals surface area contributed by atoms with Crippen LogP contribution in [0.4, 0.5) is 17.6 Å². The van der Waals surface area contributed by atoms with Gasteiger partial charge in [-0.1, -0.05) is 60.7 Å². The van der Waals surface area contributed by atoms with Gasteiger partial charge in [-0.25, -0.2) is 4.39 Å². The number of amides is 4. The highest BCUT2D eigenvalue weighted by atomic mass is 19.4. The molecule has 228 valence electrons. The van der Waals surface area contributed by atoms with E-state index in [-0.39, 0.29) is 43.6 Å². The van der Waals surface area contributed by atoms with Gasteiger partial charge in [-0.3, -0.25) is 29.4 Å². The van der Waals surface area contributed by atoms with Crippen molar-refractivity contribution in [3.8, 4) is 0 Å². The fourth-order valence-corrected chi connectivity index (χ4v) is 6.37. The van der Waals surface area contributed by atoms with E-state index < -0.39 is 65.9 Å². The number of halogens is 4. The monoisotopic (exact) mass is 608 g/mol. The molecule has 2 atom stereocenters. The van der Waals surface area contributed by atoms with Crippen molar-refractivity contribution in [1.29, 1.82) is 0 Å². The molecule has 3 heterocycles. The summed E-state index contributed by atoms with van der Waals surface area (Å²) in [5.74, 6) is -4.04. The minimum absolute atomic E-state index is 0.00294. The number of hydrogen-bond acceptors (Lipinski definition) is 5. The summed E-state index contributed by atoms with van der Waals surface area (Å²) in [5, 5.41) is 2.16. The summed E-state index contributed by atoms with van der Waals surface area (Å²) in [6.45, 7) is -1.09. The summed E-state index contributed by atoms with van der Waals surface area (Å²) in [7, 11) is 0. The Morgan fingerprint density at radius 3 is 2.11 bits per heavy atom. The van der Waals surface area contributed by atoms with E-state index >= 15 is 4.39 Å². The Kier molecular flexibility index (Phi) is 7.70. The van der Waals surface area contributed by atoms with Gasteiger partial charge < -0.3 is 9.80 Å². The van der Waals surface area contributed by atoms with E-state index in [9.17, 15) is 32.3 Å². The largest absolute Gasteiger partial charge is 0.410 e. The maximum absolute atomic E-state index is 15.9. The highest BCUT2D eigenvalue weighted by Crippen LogP contribution is 2.37. The van der Waals surface area contributed by atoms with E-state index in [1.807, 2.05) is 60.7 Å². The maximum atomic E-state index is 15.9. The second-order valence-corrected chi connectivity index (χ2v) is 11.1. The van der Waals surface area contributed by atoms with Crippen LogP contribution in [0.3, 0.4) is 0 Å². The summed E-state index contributed by atoms with van der Waals surface area (Å²) in [4.78, 5) is 54.0. The van der Waals surface area contributed by atoms with Crippen LogP contribution in [0.25, 0.3) is 0 Å². The van der Waals surface area contributed by atoms with Crippen LogP contribution in [-0.4, -0.2) is 76.2 Å². The van der Waals surface area contributed by atoms with Gasteiger partial charge in [0, 0.05) is 37.2 Å². The maximum Gasteiger partial charge on any atom is 0.410 e. The molecule has 1 N–H and O–H groups in total. The van der Waals surface area contributed by atoms with E-state index in [4.69, 9.17) is 0 Å². The van der Waals surface area contributed by atoms with Gasteiger partial charge in [0.25, 0.3) is 11.8 Å². The molecule has 3 aromatic rings. The highest BCUT2D eigenvalue weighted by Gasteiger charge is 2.50. The summed E-state index contributed by atoms with van der Waals surface area (Å²) in [6.07, 6.45) is -4.75. The van der Waals surface area contributed by atoms with Gasteiger partial charge in [-0.15, -0.1) is 0 Å². The molecule has 8 nitrogen and oxygen atoms in total. The molecule has 2 unspecified atom stereocenters. The van der Waals surface area contributed by atoms with Crippen LogP contribution in [0.2, 0.25) is 0 Å². The Morgan fingerprint density at radius 1 is 0.886 bits per heavy atom. The molecule has 6 rings (SSSR count). The summed E-state index contributed by atoms with van der Waals surface area (Å²) in [5.41, 5.74) is 0.783. The number of nitrogens with zero attached hydrogens (tertiary/aromatic N) is 3. The standard InChI is InChI=1S/C32H28F4N4O4/c33-27-22(12-11-21-23(27)17-40(30(21)43)24-13-14-26(41)37-29(24)42)31(44)39-16-15-38(18-25(39)32(34,35)36)28(19-7-3-1-4-8-19)20-9-5-2-6-10-20/h1-12,24-25,28H,13-18H2,(H,37,41,42). The number of piperidine rings is 1. The van der Waals surface area contributed by atoms with Crippen molar-refractivity contribution in [2.45, 2.75) is 43.7 Å². The van der Waals surface area contributed by atoms with Crippen LogP contribution in [0.5, 0.6) is 0 Å². The summed E-state index contributed by atoms with van der Waals surface area (Å²) in [6, 6.07) is 16.8. The zero-order chi connectivity index (χ0) is 31.2. The van der Waals surface area contributed by atoms with E-state index in [0.29, 0.717) is 4.90 Å². The molecule has 0 saturated carbocycles. The number of benzene rings is 3. The fraction of sp³-hybridized carbons (Fsp3) is 0.312. The van der Waals surface area contributed by atoms with Gasteiger partial charge in [-0.05, 0) is 29.7 Å². The molecular formula is C32H28F4N4O4. The minimum Gasteiger partial charge on any atom is -0.324 e. The molecule has 44 heavy (non-hydrogen) atoms. The Bertz CT molecular complexity index is 1580. The van der Waals surface area contributed by atoms with Crippen LogP contribution in [0.1, 0.15) is 56.3 Å². The van der Waals surface area contributed by atoms with E-state index in [0.717, 1.165) is 22.1 Å².